The van der Waals surface area contributed by atoms with Crippen LogP contribution in [0, 0.1) is 13.8 Å². The van der Waals surface area contributed by atoms with Crippen LogP contribution < -0.4 is 9.47 Å². The Morgan fingerprint density at radius 1 is 0.471 bits per heavy atom. The van der Waals surface area contributed by atoms with E-state index in [4.69, 9.17) is 9.47 Å². The number of rotatable bonds is 17. The molecule has 0 unspecified atom stereocenters. The van der Waals surface area contributed by atoms with Crippen LogP contribution in [0.5, 0.6) is 11.5 Å². The SMILES string of the molecule is Cc1cc(CO)c(OCCCCCCCCCCOc2c(CO)cc(C)cc2CO)c(CO)c1. The smallest absolute Gasteiger partial charge is 0.130 e. The van der Waals surface area contributed by atoms with Gasteiger partial charge in [0.25, 0.3) is 0 Å². The van der Waals surface area contributed by atoms with Gasteiger partial charge in [0.1, 0.15) is 11.5 Å². The van der Waals surface area contributed by atoms with Crippen molar-refractivity contribution in [3.63, 3.8) is 0 Å². The summed E-state index contributed by atoms with van der Waals surface area (Å²) in [7, 11) is 0. The fourth-order valence-electron chi connectivity index (χ4n) is 4.31. The zero-order valence-electron chi connectivity index (χ0n) is 20.8. The highest BCUT2D eigenvalue weighted by Crippen LogP contribution is 2.28. The van der Waals surface area contributed by atoms with E-state index in [-0.39, 0.29) is 26.4 Å². The van der Waals surface area contributed by atoms with Crippen molar-refractivity contribution in [1.82, 2.24) is 0 Å². The summed E-state index contributed by atoms with van der Waals surface area (Å²) in [5.74, 6) is 1.25. The lowest BCUT2D eigenvalue weighted by molar-refractivity contribution is 0.242. The summed E-state index contributed by atoms with van der Waals surface area (Å²) in [4.78, 5) is 0. The second-order valence-corrected chi connectivity index (χ2v) is 8.98. The lowest BCUT2D eigenvalue weighted by Crippen LogP contribution is -2.05. The molecule has 0 fully saturated rings. The topological polar surface area (TPSA) is 99.4 Å². The van der Waals surface area contributed by atoms with Gasteiger partial charge in [0.15, 0.2) is 0 Å². The molecule has 0 aliphatic rings. The fourth-order valence-corrected chi connectivity index (χ4v) is 4.31. The van der Waals surface area contributed by atoms with Crippen molar-refractivity contribution in [2.24, 2.45) is 0 Å². The third-order valence-electron chi connectivity index (χ3n) is 5.99. The number of hydrogen-bond acceptors (Lipinski definition) is 6. The Bertz CT molecular complexity index is 742. The maximum absolute atomic E-state index is 9.57. The maximum Gasteiger partial charge on any atom is 0.130 e. The van der Waals surface area contributed by atoms with Crippen LogP contribution in [0.25, 0.3) is 0 Å². The molecular weight excluding hydrogens is 432 g/mol. The summed E-state index contributed by atoms with van der Waals surface area (Å²) in [6.45, 7) is 4.70. The van der Waals surface area contributed by atoms with Gasteiger partial charge in [0.2, 0.25) is 0 Å². The van der Waals surface area contributed by atoms with E-state index in [1.807, 2.05) is 38.1 Å². The van der Waals surface area contributed by atoms with Crippen LogP contribution in [0.3, 0.4) is 0 Å². The van der Waals surface area contributed by atoms with Crippen molar-refractivity contribution >= 4 is 0 Å². The molecular formula is C28H42O6. The Morgan fingerprint density at radius 3 is 1.00 bits per heavy atom. The summed E-state index contributed by atoms with van der Waals surface area (Å²) < 4.78 is 11.8. The Balaban J connectivity index is 1.55. The Morgan fingerprint density at radius 2 is 0.735 bits per heavy atom. The number of aryl methyl sites for hydroxylation is 2. The molecule has 0 bridgehead atoms. The molecule has 0 radical (unpaired) electrons. The predicted molar refractivity (Wildman–Crippen MR) is 134 cm³/mol. The normalized spacial score (nSPS) is 11.1. The lowest BCUT2D eigenvalue weighted by atomic mass is 10.1. The first-order chi connectivity index (χ1) is 16.5. The van der Waals surface area contributed by atoms with Gasteiger partial charge in [0.05, 0.1) is 39.6 Å². The van der Waals surface area contributed by atoms with E-state index in [9.17, 15) is 20.4 Å². The highest BCUT2D eigenvalue weighted by atomic mass is 16.5. The monoisotopic (exact) mass is 474 g/mol. The number of hydrogen-bond donors (Lipinski definition) is 4. The van der Waals surface area contributed by atoms with E-state index < -0.39 is 0 Å². The van der Waals surface area contributed by atoms with E-state index in [0.29, 0.717) is 24.7 Å². The molecule has 190 valence electrons. The van der Waals surface area contributed by atoms with Gasteiger partial charge in [-0.3, -0.25) is 0 Å². The van der Waals surface area contributed by atoms with E-state index in [1.165, 1.54) is 12.8 Å². The molecule has 0 aromatic heterocycles. The van der Waals surface area contributed by atoms with Crippen molar-refractivity contribution in [3.8, 4) is 11.5 Å². The van der Waals surface area contributed by atoms with E-state index in [2.05, 4.69) is 0 Å². The number of aliphatic hydroxyl groups is 4. The summed E-state index contributed by atoms with van der Waals surface area (Å²) >= 11 is 0. The fraction of sp³-hybridized carbons (Fsp3) is 0.571. The van der Waals surface area contributed by atoms with Crippen molar-refractivity contribution in [1.29, 1.82) is 0 Å². The molecule has 34 heavy (non-hydrogen) atoms. The summed E-state index contributed by atoms with van der Waals surface area (Å²) in [6, 6.07) is 7.60. The molecule has 0 saturated carbocycles. The second-order valence-electron chi connectivity index (χ2n) is 8.98. The minimum absolute atomic E-state index is 0.0920. The average Bonchev–Trinajstić information content (AvgIpc) is 2.84. The van der Waals surface area contributed by atoms with Crippen LogP contribution in [0.2, 0.25) is 0 Å². The number of benzene rings is 2. The number of ether oxygens (including phenoxy) is 2. The van der Waals surface area contributed by atoms with Gasteiger partial charge >= 0.3 is 0 Å². The molecule has 0 atom stereocenters. The first-order valence-electron chi connectivity index (χ1n) is 12.5. The molecule has 4 N–H and O–H groups in total. The summed E-state index contributed by atoms with van der Waals surface area (Å²) in [5.41, 5.74) is 4.94. The molecule has 0 heterocycles. The van der Waals surface area contributed by atoms with Crippen LogP contribution in [0.15, 0.2) is 24.3 Å². The predicted octanol–water partition coefficient (Wildman–Crippen LogP) is 4.85. The highest BCUT2D eigenvalue weighted by molar-refractivity contribution is 5.44. The molecule has 0 aliphatic carbocycles. The number of unbranched alkanes of at least 4 members (excludes halogenated alkanes) is 7. The van der Waals surface area contributed by atoms with Gasteiger partial charge in [0, 0.05) is 22.3 Å². The highest BCUT2D eigenvalue weighted by Gasteiger charge is 2.11. The molecule has 2 rings (SSSR count). The van der Waals surface area contributed by atoms with E-state index >= 15 is 0 Å². The van der Waals surface area contributed by atoms with Crippen LogP contribution >= 0.6 is 0 Å². The van der Waals surface area contributed by atoms with Crippen molar-refractivity contribution in [2.75, 3.05) is 13.2 Å². The van der Waals surface area contributed by atoms with Gasteiger partial charge in [-0.05, 0) is 26.7 Å². The minimum atomic E-state index is -0.0920. The van der Waals surface area contributed by atoms with Crippen molar-refractivity contribution in [2.45, 2.75) is 91.6 Å². The van der Waals surface area contributed by atoms with Gasteiger partial charge in [-0.15, -0.1) is 0 Å². The number of aliphatic hydroxyl groups excluding tert-OH is 4. The molecule has 0 saturated heterocycles. The quantitative estimate of drug-likeness (QED) is 0.245. The largest absolute Gasteiger partial charge is 0.493 e. The maximum atomic E-state index is 9.57. The zero-order valence-corrected chi connectivity index (χ0v) is 20.8. The van der Waals surface area contributed by atoms with Gasteiger partial charge in [-0.1, -0.05) is 73.9 Å². The molecule has 2 aromatic rings. The average molecular weight is 475 g/mol. The molecule has 2 aromatic carbocycles. The van der Waals surface area contributed by atoms with E-state index in [1.54, 1.807) is 0 Å². The standard InChI is InChI=1S/C28H42O6/c1-21-13-23(17-29)27(24(14-21)18-30)33-11-9-7-5-3-4-6-8-10-12-34-28-25(19-31)15-22(2)16-26(28)20-32/h13-16,29-32H,3-12,17-20H2,1-2H3. The lowest BCUT2D eigenvalue weighted by Gasteiger charge is -2.15. The minimum Gasteiger partial charge on any atom is -0.493 e. The molecule has 6 heteroatoms. The summed E-state index contributed by atoms with van der Waals surface area (Å²) in [6.07, 6.45) is 8.81. The first kappa shape index (κ1) is 28.1. The Hall–Kier alpha value is -2.12. The van der Waals surface area contributed by atoms with Crippen LogP contribution in [-0.2, 0) is 26.4 Å². The second kappa shape index (κ2) is 15.7. The molecule has 0 spiro atoms. The molecule has 0 aliphatic heterocycles. The Kier molecular flexibility index (Phi) is 13.0. The first-order valence-corrected chi connectivity index (χ1v) is 12.5. The van der Waals surface area contributed by atoms with E-state index in [0.717, 1.165) is 71.9 Å². The third-order valence-corrected chi connectivity index (χ3v) is 5.99. The van der Waals surface area contributed by atoms with Crippen molar-refractivity contribution in [3.05, 3.63) is 57.6 Å². The molecule has 0 amide bonds. The Labute approximate surface area is 204 Å². The molecule has 6 nitrogen and oxygen atoms in total. The van der Waals surface area contributed by atoms with Gasteiger partial charge < -0.3 is 29.9 Å². The summed E-state index contributed by atoms with van der Waals surface area (Å²) in [5, 5.41) is 38.3. The van der Waals surface area contributed by atoms with Crippen LogP contribution in [0.1, 0.15) is 84.7 Å². The third kappa shape index (κ3) is 8.91. The van der Waals surface area contributed by atoms with Crippen LogP contribution in [-0.4, -0.2) is 33.6 Å². The van der Waals surface area contributed by atoms with Crippen LogP contribution in [0.4, 0.5) is 0 Å². The van der Waals surface area contributed by atoms with Gasteiger partial charge in [-0.2, -0.15) is 0 Å². The van der Waals surface area contributed by atoms with Crippen molar-refractivity contribution < 1.29 is 29.9 Å². The zero-order chi connectivity index (χ0) is 24.8. The van der Waals surface area contributed by atoms with Gasteiger partial charge in [-0.25, -0.2) is 0 Å².